The molecule has 47 nitrogen and oxygen atoms in total. The number of nitrogens with zero attached hydrogens (tertiary/aromatic N) is 4. The quantitative estimate of drug-likeness (QED) is 0.0167. The summed E-state index contributed by atoms with van der Waals surface area (Å²) in [5.74, 6) is -9.76. The average Bonchev–Trinajstić information content (AvgIpc) is 1.83. The summed E-state index contributed by atoms with van der Waals surface area (Å²) in [7, 11) is 0. The summed E-state index contributed by atoms with van der Waals surface area (Å²) in [4.78, 5) is 193. The maximum Gasteiger partial charge on any atom is 0.329 e. The van der Waals surface area contributed by atoms with E-state index in [9.17, 15) is 71.9 Å². The summed E-state index contributed by atoms with van der Waals surface area (Å²) < 4.78 is 96.1. The van der Waals surface area contributed by atoms with E-state index in [1.54, 1.807) is 70.5 Å². The molecule has 0 aliphatic carbocycles. The molecule has 0 unspecified atom stereocenters. The number of rotatable bonds is 59. The molecule has 131 heavy (non-hydrogen) atoms. The number of carboxylic acids is 2. The molecule has 13 amide bonds. The Morgan fingerprint density at radius 1 is 0.351 bits per heavy atom. The number of hydrogen-bond donors (Lipinski definition) is 11. The second-order valence-electron chi connectivity index (χ2n) is 28.3. The molecule has 0 radical (unpaired) electrons. The van der Waals surface area contributed by atoms with Crippen molar-refractivity contribution in [1.82, 2.24) is 67.5 Å². The first-order chi connectivity index (χ1) is 63.6. The van der Waals surface area contributed by atoms with Gasteiger partial charge in [0.15, 0.2) is 0 Å². The lowest BCUT2D eigenvalue weighted by Gasteiger charge is -2.27. The van der Waals surface area contributed by atoms with Gasteiger partial charge in [-0.25, -0.2) is 4.79 Å². The molecule has 736 valence electrons. The molecule has 0 saturated carbocycles. The Hall–Kier alpha value is -10.3. The molecule has 0 spiro atoms. The summed E-state index contributed by atoms with van der Waals surface area (Å²) in [5.41, 5.74) is 1.36. The number of amides is 13. The van der Waals surface area contributed by atoms with E-state index in [1.165, 1.54) is 12.2 Å². The van der Waals surface area contributed by atoms with E-state index in [0.717, 1.165) is 4.90 Å². The van der Waals surface area contributed by atoms with Gasteiger partial charge in [-0.3, -0.25) is 76.9 Å². The van der Waals surface area contributed by atoms with Crippen molar-refractivity contribution in [2.45, 2.75) is 44.2 Å². The van der Waals surface area contributed by atoms with E-state index in [2.05, 4.69) is 47.9 Å². The van der Waals surface area contributed by atoms with Gasteiger partial charge in [0.05, 0.1) is 264 Å². The molecule has 2 heterocycles. The second-order valence-corrected chi connectivity index (χ2v) is 28.3. The van der Waals surface area contributed by atoms with E-state index < -0.39 is 130 Å². The van der Waals surface area contributed by atoms with Gasteiger partial charge in [0.25, 0.3) is 11.8 Å². The fourth-order valence-corrected chi connectivity index (χ4v) is 11.3. The predicted octanol–water partition coefficient (Wildman–Crippen LogP) is -6.27. The lowest BCUT2D eigenvalue weighted by molar-refractivity contribution is -0.143. The smallest absolute Gasteiger partial charge is 0.329 e. The van der Waals surface area contributed by atoms with Gasteiger partial charge in [-0.2, -0.15) is 0 Å². The highest BCUT2D eigenvalue weighted by Crippen LogP contribution is 2.08. The molecule has 2 aromatic carbocycles. The third kappa shape index (κ3) is 61.1. The fourth-order valence-electron chi connectivity index (χ4n) is 11.3. The number of hydrogen-bond acceptors (Lipinski definition) is 33. The van der Waals surface area contributed by atoms with E-state index in [0.29, 0.717) is 70.3 Å². The molecule has 2 aliphatic heterocycles. The normalized spacial score (nSPS) is 15.2. The maximum absolute atomic E-state index is 14.3. The molecule has 0 bridgehead atoms. The number of ether oxygens (including phenoxy) is 17. The lowest BCUT2D eigenvalue weighted by Crippen LogP contribution is -2.52. The Bertz CT molecular complexity index is 3590. The van der Waals surface area contributed by atoms with Crippen LogP contribution in [-0.4, -0.2) is 447 Å². The van der Waals surface area contributed by atoms with Gasteiger partial charge >= 0.3 is 11.9 Å². The van der Waals surface area contributed by atoms with Gasteiger partial charge in [-0.15, -0.1) is 0 Å². The van der Waals surface area contributed by atoms with Crippen LogP contribution < -0.4 is 47.9 Å². The summed E-state index contributed by atoms with van der Waals surface area (Å²) in [6.07, 6.45) is 2.38. The lowest BCUT2D eigenvalue weighted by atomic mass is 10.1. The van der Waals surface area contributed by atoms with Crippen molar-refractivity contribution < 1.29 is 163 Å². The first-order valence-electron chi connectivity index (χ1n) is 43.3. The summed E-state index contributed by atoms with van der Waals surface area (Å²) in [5, 5.41) is 39.3. The highest BCUT2D eigenvalue weighted by Gasteiger charge is 2.27. The minimum atomic E-state index is -1.28. The van der Waals surface area contributed by atoms with E-state index in [1.807, 2.05) is 4.90 Å². The zero-order valence-corrected chi connectivity index (χ0v) is 74.3. The van der Waals surface area contributed by atoms with Crippen molar-refractivity contribution in [3.63, 3.8) is 0 Å². The molecule has 2 aliphatic rings. The van der Waals surface area contributed by atoms with Crippen molar-refractivity contribution in [1.29, 1.82) is 0 Å². The number of carbonyl (C=O) groups excluding carboxylic acids is 13. The average molecular weight is 1870 g/mol. The van der Waals surface area contributed by atoms with Gasteiger partial charge in [0, 0.05) is 77.1 Å². The number of nitrogens with one attached hydrogen (secondary N) is 9. The van der Waals surface area contributed by atoms with Crippen LogP contribution in [0.3, 0.4) is 0 Å². The van der Waals surface area contributed by atoms with Crippen LogP contribution in [0.5, 0.6) is 0 Å². The summed E-state index contributed by atoms with van der Waals surface area (Å²) in [6, 6.07) is 15.0. The fraction of sp³-hybridized carbons (Fsp3) is 0.655. The number of carbonyl (C=O) groups is 15. The first-order valence-corrected chi connectivity index (χ1v) is 43.3. The number of carboxylic acid groups (broad SMARTS) is 2. The molecule has 47 heteroatoms. The van der Waals surface area contributed by atoms with Crippen molar-refractivity contribution in [3.8, 4) is 0 Å². The van der Waals surface area contributed by atoms with Crippen LogP contribution in [0, 0.1) is 0 Å². The molecule has 2 atom stereocenters. The topological polar surface area (TPSA) is 575 Å². The van der Waals surface area contributed by atoms with E-state index >= 15 is 0 Å². The monoisotopic (exact) mass is 1870 g/mol. The van der Waals surface area contributed by atoms with Gasteiger partial charge < -0.3 is 148 Å². The third-order valence-corrected chi connectivity index (χ3v) is 18.1. The van der Waals surface area contributed by atoms with Crippen LogP contribution in [0.2, 0.25) is 0 Å². The molecule has 4 rings (SSSR count). The number of benzene rings is 2. The second kappa shape index (κ2) is 75.3. The Kier molecular flexibility index (Phi) is 64.9. The van der Waals surface area contributed by atoms with Gasteiger partial charge in [-0.1, -0.05) is 60.7 Å². The van der Waals surface area contributed by atoms with Gasteiger partial charge in [0.1, 0.15) is 32.0 Å². The Morgan fingerprint density at radius 2 is 0.687 bits per heavy atom. The largest absolute Gasteiger partial charge is 0.480 e. The van der Waals surface area contributed by atoms with Crippen LogP contribution in [0.1, 0.15) is 30.4 Å². The highest BCUT2D eigenvalue weighted by atomic mass is 16.6. The summed E-state index contributed by atoms with van der Waals surface area (Å²) >= 11 is 0. The van der Waals surface area contributed by atoms with Crippen LogP contribution in [0.4, 0.5) is 0 Å². The molecule has 1 saturated heterocycles. The van der Waals surface area contributed by atoms with Gasteiger partial charge in [-0.05, 0) is 11.1 Å². The zero-order chi connectivity index (χ0) is 94.6. The molecular formula is C84H131N13O34. The predicted molar refractivity (Wildman–Crippen MR) is 459 cm³/mol. The van der Waals surface area contributed by atoms with Crippen molar-refractivity contribution in [3.05, 3.63) is 83.9 Å². The minimum absolute atomic E-state index is 0.0249. The van der Waals surface area contributed by atoms with Crippen LogP contribution in [0.15, 0.2) is 72.8 Å². The van der Waals surface area contributed by atoms with E-state index in [4.69, 9.17) is 90.7 Å². The number of imide groups is 1. The van der Waals surface area contributed by atoms with E-state index in [-0.39, 0.29) is 260 Å². The third-order valence-electron chi connectivity index (χ3n) is 18.1. The van der Waals surface area contributed by atoms with Crippen LogP contribution >= 0.6 is 0 Å². The van der Waals surface area contributed by atoms with Crippen molar-refractivity contribution in [2.75, 3.05) is 316 Å². The molecular weight excluding hydrogens is 1730 g/mol. The zero-order valence-electron chi connectivity index (χ0n) is 74.3. The highest BCUT2D eigenvalue weighted by molar-refractivity contribution is 6.12. The Morgan fingerprint density at radius 3 is 1.09 bits per heavy atom. The van der Waals surface area contributed by atoms with Crippen LogP contribution in [-0.2, 0) is 165 Å². The number of aliphatic carboxylic acids is 2. The maximum atomic E-state index is 14.3. The van der Waals surface area contributed by atoms with Crippen LogP contribution in [0.25, 0.3) is 0 Å². The summed E-state index contributed by atoms with van der Waals surface area (Å²) in [6.45, 7) is 4.09. The first kappa shape index (κ1) is 113. The molecule has 11 N–H and O–H groups in total. The van der Waals surface area contributed by atoms with Gasteiger partial charge in [0.2, 0.25) is 65.0 Å². The molecule has 2 aromatic rings. The van der Waals surface area contributed by atoms with Crippen molar-refractivity contribution >= 4 is 88.7 Å². The Balaban J connectivity index is 1.20. The van der Waals surface area contributed by atoms with Crippen molar-refractivity contribution in [2.24, 2.45) is 0 Å². The molecule has 0 aromatic heterocycles. The SMILES string of the molecule is O=C(O)CNC(=O)[C@H](Cc1ccccc1)NC(=O)CNC(=O)CNC(=O)CCOCCOCCN(CCOCCOCCC(=O)NCC(=O)NCC(=O)N[C@@H](Cc1ccccc1)C(=O)NCC(=O)NCOCC(=O)O)C(=O)CN1CCOCCOCCOCCOCCN(C(=O)CCOCCOCCOCCOCCN2C(=O)C=CC2=O)CCOCCOCCOCCOCC1. The molecule has 1 fully saturated rings. The Labute approximate surface area is 760 Å². The standard InChI is InChI=1S/C84H131N13O34/c98-70(85-57-72(100)87-60-75(103)92-68(55-66-7-3-1-4-8-66)83(113)89-59-74(102)91-65-131-64-82(111)112)13-23-115-33-36-122-30-20-96(21-31-123-37-34-116-24-14-71(99)86-58-73(101)88-61-76(104)93-69(84(114)90-62-81(109)110)56-67-9-5-2-6-10-67)80(108)63-94-16-26-118-38-44-126-51-53-128-46-40-120-28-18-95(19-29-121-41-47-129-54-52-127-45-39-119-27-17-94)77(105)15-25-117-35-43-125-49-50-130-48-42-124-32-22-97-78(106)11-12-79(97)107/h1-12,68-69H,13-65H2,(H,85,98)(H,86,99)(H,87,100)(H,88,101)(H,89,113)(H,90,114)(H,91,102)(H,92,103)(H,93,104)(H,109,110)(H,111,112)/t68-,69-/m0/s1. The minimum Gasteiger partial charge on any atom is -0.480 e.